The summed E-state index contributed by atoms with van der Waals surface area (Å²) < 4.78 is 30.8. The van der Waals surface area contributed by atoms with E-state index < -0.39 is 11.9 Å². The van der Waals surface area contributed by atoms with Crippen LogP contribution in [0.15, 0.2) is 30.6 Å². The highest BCUT2D eigenvalue weighted by molar-refractivity contribution is 6.32. The fraction of sp³-hybridized carbons (Fsp3) is 0.440. The number of pyridine rings is 2. The van der Waals surface area contributed by atoms with Gasteiger partial charge in [-0.3, -0.25) is 9.97 Å². The maximum atomic E-state index is 14.5. The molecule has 0 saturated carbocycles. The standard InChI is InChI=1S/C25H28ClFN4O4/c1-33-16-9-18-17(19(26)12-30-25(18)20(27)10-16)2-4-31-5-3-21(22(32)14-31)29-11-15-8-23-24(13-28-15)35-7-6-34-23/h8-10,12-13,21-22,29,32H,2-7,11,14H2,1H3/t21-,22+/m0/s1. The van der Waals surface area contributed by atoms with E-state index in [1.54, 1.807) is 12.3 Å². The molecule has 2 aliphatic rings. The van der Waals surface area contributed by atoms with Gasteiger partial charge in [0.15, 0.2) is 17.3 Å². The number of aliphatic hydroxyl groups excluding tert-OH is 1. The second-order valence-corrected chi connectivity index (χ2v) is 9.21. The number of methoxy groups -OCH3 is 1. The third-order valence-electron chi connectivity index (χ3n) is 6.57. The summed E-state index contributed by atoms with van der Waals surface area (Å²) in [6, 6.07) is 4.93. The zero-order chi connectivity index (χ0) is 24.4. The van der Waals surface area contributed by atoms with Gasteiger partial charge in [0.05, 0.1) is 30.1 Å². The van der Waals surface area contributed by atoms with E-state index in [4.69, 9.17) is 25.8 Å². The van der Waals surface area contributed by atoms with Crippen molar-refractivity contribution in [2.45, 2.75) is 31.5 Å². The third kappa shape index (κ3) is 5.28. The van der Waals surface area contributed by atoms with E-state index in [-0.39, 0.29) is 11.6 Å². The molecule has 0 aliphatic carbocycles. The Kier molecular flexibility index (Phi) is 7.19. The molecule has 1 fully saturated rings. The molecule has 1 aromatic carbocycles. The number of halogens is 2. The number of hydrogen-bond donors (Lipinski definition) is 2. The number of benzene rings is 1. The molecule has 0 radical (unpaired) electrons. The molecule has 1 saturated heterocycles. The number of ether oxygens (including phenoxy) is 3. The third-order valence-corrected chi connectivity index (χ3v) is 6.89. The van der Waals surface area contributed by atoms with E-state index in [1.165, 1.54) is 19.4 Å². The van der Waals surface area contributed by atoms with Crippen molar-refractivity contribution < 1.29 is 23.7 Å². The van der Waals surface area contributed by atoms with Gasteiger partial charge in [0.25, 0.3) is 0 Å². The summed E-state index contributed by atoms with van der Waals surface area (Å²) in [5.41, 5.74) is 1.94. The van der Waals surface area contributed by atoms with E-state index >= 15 is 0 Å². The highest BCUT2D eigenvalue weighted by Gasteiger charge is 2.27. The SMILES string of the molecule is COc1cc(F)c2ncc(Cl)c(CCN3CC[C@H](NCc4cc5c(cn4)OCCO5)[C@H](O)C3)c2c1. The number of β-amino-alcohol motifs (C(OH)–C–C–N with tert-alkyl or cyclic N) is 1. The molecule has 5 rings (SSSR count). The summed E-state index contributed by atoms with van der Waals surface area (Å²) >= 11 is 6.44. The lowest BCUT2D eigenvalue weighted by atomic mass is 10.00. The van der Waals surface area contributed by atoms with E-state index in [9.17, 15) is 9.50 Å². The smallest absolute Gasteiger partial charge is 0.179 e. The Bertz CT molecular complexity index is 1210. The van der Waals surface area contributed by atoms with Gasteiger partial charge in [-0.25, -0.2) is 4.39 Å². The van der Waals surface area contributed by atoms with Crippen molar-refractivity contribution in [3.8, 4) is 17.2 Å². The van der Waals surface area contributed by atoms with Gasteiger partial charge in [0.2, 0.25) is 0 Å². The zero-order valence-electron chi connectivity index (χ0n) is 19.5. The van der Waals surface area contributed by atoms with Gasteiger partial charge in [0, 0.05) is 49.4 Å². The normalized spacial score (nSPS) is 20.2. The van der Waals surface area contributed by atoms with Crippen LogP contribution in [0, 0.1) is 5.82 Å². The van der Waals surface area contributed by atoms with Gasteiger partial charge in [-0.15, -0.1) is 0 Å². The van der Waals surface area contributed by atoms with Gasteiger partial charge in [-0.1, -0.05) is 11.6 Å². The summed E-state index contributed by atoms with van der Waals surface area (Å²) in [5.74, 6) is 1.36. The van der Waals surface area contributed by atoms with Crippen LogP contribution in [0.25, 0.3) is 10.9 Å². The Morgan fingerprint density at radius 3 is 2.83 bits per heavy atom. The van der Waals surface area contributed by atoms with Crippen molar-refractivity contribution in [3.05, 3.63) is 52.7 Å². The molecular formula is C25H28ClFN4O4. The van der Waals surface area contributed by atoms with Gasteiger partial charge >= 0.3 is 0 Å². The molecule has 2 N–H and O–H groups in total. The minimum absolute atomic E-state index is 0.0371. The maximum Gasteiger partial charge on any atom is 0.179 e. The summed E-state index contributed by atoms with van der Waals surface area (Å²) in [6.07, 6.45) is 4.05. The molecule has 4 heterocycles. The molecule has 2 atom stereocenters. The fourth-order valence-corrected chi connectivity index (χ4v) is 4.91. The predicted molar refractivity (Wildman–Crippen MR) is 130 cm³/mol. The monoisotopic (exact) mass is 502 g/mol. The topological polar surface area (TPSA) is 89.0 Å². The number of rotatable bonds is 7. The quantitative estimate of drug-likeness (QED) is 0.510. The van der Waals surface area contributed by atoms with E-state index in [0.717, 1.165) is 24.2 Å². The molecule has 0 amide bonds. The average molecular weight is 503 g/mol. The first-order valence-electron chi connectivity index (χ1n) is 11.7. The minimum Gasteiger partial charge on any atom is -0.497 e. The maximum absolute atomic E-state index is 14.5. The minimum atomic E-state index is -0.525. The second kappa shape index (κ2) is 10.5. The number of aromatic nitrogens is 2. The first-order valence-corrected chi connectivity index (χ1v) is 12.1. The predicted octanol–water partition coefficient (Wildman–Crippen LogP) is 2.97. The number of fused-ring (bicyclic) bond motifs is 2. The van der Waals surface area contributed by atoms with Crippen LogP contribution in [0.2, 0.25) is 5.02 Å². The number of nitrogens with zero attached hydrogens (tertiary/aromatic N) is 3. The van der Waals surface area contributed by atoms with Crippen LogP contribution in [0.3, 0.4) is 0 Å². The van der Waals surface area contributed by atoms with Gasteiger partial charge in [-0.05, 0) is 31.0 Å². The summed E-state index contributed by atoms with van der Waals surface area (Å²) in [6.45, 7) is 3.64. The largest absolute Gasteiger partial charge is 0.497 e. The Labute approximate surface area is 208 Å². The molecule has 3 aromatic rings. The number of piperidine rings is 1. The van der Waals surface area contributed by atoms with Crippen LogP contribution in [-0.2, 0) is 13.0 Å². The van der Waals surface area contributed by atoms with Crippen molar-refractivity contribution >= 4 is 22.5 Å². The van der Waals surface area contributed by atoms with Gasteiger partial charge in [-0.2, -0.15) is 0 Å². The summed E-state index contributed by atoms with van der Waals surface area (Å²) in [4.78, 5) is 10.8. The molecule has 35 heavy (non-hydrogen) atoms. The number of hydrogen-bond acceptors (Lipinski definition) is 8. The number of nitrogens with one attached hydrogen (secondary N) is 1. The molecule has 0 bridgehead atoms. The van der Waals surface area contributed by atoms with Crippen molar-refractivity contribution in [1.29, 1.82) is 0 Å². The van der Waals surface area contributed by atoms with E-state index in [1.807, 2.05) is 6.07 Å². The first-order chi connectivity index (χ1) is 17.0. The zero-order valence-corrected chi connectivity index (χ0v) is 20.2. The van der Waals surface area contributed by atoms with Gasteiger partial charge < -0.3 is 29.5 Å². The summed E-state index contributed by atoms with van der Waals surface area (Å²) in [7, 11) is 1.50. The van der Waals surface area contributed by atoms with Crippen LogP contribution in [0.1, 0.15) is 17.7 Å². The molecule has 2 aromatic heterocycles. The number of aliphatic hydroxyl groups is 1. The lowest BCUT2D eigenvalue weighted by Crippen LogP contribution is -2.52. The molecule has 10 heteroatoms. The lowest BCUT2D eigenvalue weighted by Gasteiger charge is -2.36. The summed E-state index contributed by atoms with van der Waals surface area (Å²) in [5, 5.41) is 15.3. The Balaban J connectivity index is 1.18. The highest BCUT2D eigenvalue weighted by atomic mass is 35.5. The fourth-order valence-electron chi connectivity index (χ4n) is 4.67. The number of likely N-dealkylation sites (tertiary alicyclic amines) is 1. The molecule has 2 aliphatic heterocycles. The van der Waals surface area contributed by atoms with Crippen molar-refractivity contribution in [3.63, 3.8) is 0 Å². The average Bonchev–Trinajstić information content (AvgIpc) is 2.87. The highest BCUT2D eigenvalue weighted by Crippen LogP contribution is 2.31. The van der Waals surface area contributed by atoms with Gasteiger partial charge in [0.1, 0.15) is 24.5 Å². The van der Waals surface area contributed by atoms with Crippen molar-refractivity contribution in [2.24, 2.45) is 0 Å². The molecule has 0 unspecified atom stereocenters. The Hall–Kier alpha value is -2.72. The molecule has 186 valence electrons. The molecular weight excluding hydrogens is 475 g/mol. The van der Waals surface area contributed by atoms with Crippen LogP contribution in [0.5, 0.6) is 17.2 Å². The van der Waals surface area contributed by atoms with Crippen molar-refractivity contribution in [2.75, 3.05) is 40.0 Å². The van der Waals surface area contributed by atoms with Crippen molar-refractivity contribution in [1.82, 2.24) is 20.2 Å². The van der Waals surface area contributed by atoms with Crippen LogP contribution in [0.4, 0.5) is 4.39 Å². The lowest BCUT2D eigenvalue weighted by molar-refractivity contribution is 0.0403. The Morgan fingerprint density at radius 2 is 2.03 bits per heavy atom. The Morgan fingerprint density at radius 1 is 1.20 bits per heavy atom. The van der Waals surface area contributed by atoms with Crippen LogP contribution >= 0.6 is 11.6 Å². The van der Waals surface area contributed by atoms with E-state index in [0.29, 0.717) is 66.9 Å². The van der Waals surface area contributed by atoms with Crippen LogP contribution in [-0.4, -0.2) is 72.1 Å². The van der Waals surface area contributed by atoms with E-state index in [2.05, 4.69) is 20.2 Å². The molecule has 0 spiro atoms. The first kappa shape index (κ1) is 24.0. The molecule has 8 nitrogen and oxygen atoms in total. The second-order valence-electron chi connectivity index (χ2n) is 8.80. The van der Waals surface area contributed by atoms with Crippen LogP contribution < -0.4 is 19.5 Å².